The molecule has 4 amide bonds. The van der Waals surface area contributed by atoms with Gasteiger partial charge in [0, 0.05) is 19.0 Å². The van der Waals surface area contributed by atoms with Crippen molar-refractivity contribution < 1.29 is 14.4 Å². The van der Waals surface area contributed by atoms with Gasteiger partial charge in [-0.05, 0) is 38.8 Å². The lowest BCUT2D eigenvalue weighted by molar-refractivity contribution is -0.126. The summed E-state index contributed by atoms with van der Waals surface area (Å²) in [6.45, 7) is 6.97. The third-order valence-corrected chi connectivity index (χ3v) is 3.94. The van der Waals surface area contributed by atoms with Gasteiger partial charge in [-0.3, -0.25) is 19.8 Å². The molecule has 1 saturated heterocycles. The quantitative estimate of drug-likeness (QED) is 0.577. The Hall–Kier alpha value is -1.63. The molecule has 1 aliphatic heterocycles. The molecule has 7 nitrogen and oxygen atoms in total. The number of nitrogens with zero attached hydrogens (tertiary/aromatic N) is 1. The molecule has 23 heavy (non-hydrogen) atoms. The van der Waals surface area contributed by atoms with E-state index < -0.39 is 6.03 Å². The summed E-state index contributed by atoms with van der Waals surface area (Å²) in [7, 11) is 0. The van der Waals surface area contributed by atoms with Crippen molar-refractivity contribution in [1.82, 2.24) is 20.9 Å². The molecule has 0 aromatic carbocycles. The fourth-order valence-corrected chi connectivity index (χ4v) is 2.54. The van der Waals surface area contributed by atoms with Crippen LogP contribution in [0.3, 0.4) is 0 Å². The summed E-state index contributed by atoms with van der Waals surface area (Å²) in [6.07, 6.45) is 4.34. The Morgan fingerprint density at radius 3 is 2.30 bits per heavy atom. The molecule has 0 radical (unpaired) electrons. The van der Waals surface area contributed by atoms with Gasteiger partial charge in [0.15, 0.2) is 0 Å². The molecule has 1 fully saturated rings. The summed E-state index contributed by atoms with van der Waals surface area (Å²) in [5.41, 5.74) is 0. The van der Waals surface area contributed by atoms with Crippen molar-refractivity contribution in [2.75, 3.05) is 32.7 Å². The van der Waals surface area contributed by atoms with Crippen molar-refractivity contribution in [3.63, 3.8) is 0 Å². The zero-order valence-corrected chi connectivity index (χ0v) is 14.3. The summed E-state index contributed by atoms with van der Waals surface area (Å²) >= 11 is 0. The number of nitrogens with one attached hydrogen (secondary N) is 3. The first-order valence-corrected chi connectivity index (χ1v) is 8.64. The lowest BCUT2D eigenvalue weighted by atomic mass is 9.96. The van der Waals surface area contributed by atoms with Crippen LogP contribution in [0, 0.1) is 5.92 Å². The predicted octanol–water partition coefficient (Wildman–Crippen LogP) is 0.851. The molecule has 0 unspecified atom stereocenters. The Kier molecular flexibility index (Phi) is 9.28. The van der Waals surface area contributed by atoms with Gasteiger partial charge in [0.1, 0.15) is 0 Å². The second-order valence-corrected chi connectivity index (χ2v) is 6.00. The largest absolute Gasteiger partial charge is 0.356 e. The standard InChI is InChI=1S/C16H30N4O3/c1-3-5-9-18-16(23)19-14(21)12-20-10-6-13(7-11-20)15(22)17-8-4-2/h13H,3-12H2,1-2H3,(H,17,22)(H2,18,19,21,23). The average molecular weight is 326 g/mol. The van der Waals surface area contributed by atoms with Crippen LogP contribution in [0.1, 0.15) is 46.0 Å². The van der Waals surface area contributed by atoms with Crippen LogP contribution in [-0.4, -0.2) is 55.5 Å². The number of hydrogen-bond donors (Lipinski definition) is 3. The average Bonchev–Trinajstić information content (AvgIpc) is 2.53. The maximum absolute atomic E-state index is 11.9. The highest BCUT2D eigenvalue weighted by Crippen LogP contribution is 2.16. The minimum atomic E-state index is -0.433. The van der Waals surface area contributed by atoms with Crippen molar-refractivity contribution in [2.24, 2.45) is 5.92 Å². The first-order chi connectivity index (χ1) is 11.1. The van der Waals surface area contributed by atoms with Crippen molar-refractivity contribution in [1.29, 1.82) is 0 Å². The normalized spacial score (nSPS) is 15.9. The van der Waals surface area contributed by atoms with E-state index in [0.717, 1.165) is 32.1 Å². The molecule has 0 bridgehead atoms. The van der Waals surface area contributed by atoms with Gasteiger partial charge in [0.05, 0.1) is 6.54 Å². The molecule has 0 saturated carbocycles. The van der Waals surface area contributed by atoms with Gasteiger partial charge in [-0.2, -0.15) is 0 Å². The molecule has 0 aliphatic carbocycles. The van der Waals surface area contributed by atoms with Gasteiger partial charge < -0.3 is 10.6 Å². The number of likely N-dealkylation sites (tertiary alicyclic amines) is 1. The highest BCUT2D eigenvalue weighted by molar-refractivity contribution is 5.95. The van der Waals surface area contributed by atoms with Gasteiger partial charge in [-0.1, -0.05) is 20.3 Å². The van der Waals surface area contributed by atoms with Crippen LogP contribution < -0.4 is 16.0 Å². The van der Waals surface area contributed by atoms with Crippen molar-refractivity contribution >= 4 is 17.8 Å². The Morgan fingerprint density at radius 2 is 1.70 bits per heavy atom. The van der Waals surface area contributed by atoms with E-state index in [1.165, 1.54) is 0 Å². The summed E-state index contributed by atoms with van der Waals surface area (Å²) < 4.78 is 0. The number of carbonyl (C=O) groups is 3. The van der Waals surface area contributed by atoms with Crippen LogP contribution in [0.2, 0.25) is 0 Å². The third kappa shape index (κ3) is 7.97. The van der Waals surface area contributed by atoms with E-state index >= 15 is 0 Å². The Bertz CT molecular complexity index is 393. The molecule has 1 heterocycles. The molecular formula is C16H30N4O3. The van der Waals surface area contributed by atoms with E-state index in [2.05, 4.69) is 16.0 Å². The first kappa shape index (κ1) is 19.4. The zero-order valence-electron chi connectivity index (χ0n) is 14.3. The minimum absolute atomic E-state index is 0.0400. The summed E-state index contributed by atoms with van der Waals surface area (Å²) in [5, 5.41) is 7.91. The smallest absolute Gasteiger partial charge is 0.321 e. The lowest BCUT2D eigenvalue weighted by Gasteiger charge is -2.30. The van der Waals surface area contributed by atoms with E-state index in [-0.39, 0.29) is 24.3 Å². The van der Waals surface area contributed by atoms with Crippen molar-refractivity contribution in [3.8, 4) is 0 Å². The highest BCUT2D eigenvalue weighted by atomic mass is 16.2. The van der Waals surface area contributed by atoms with Crippen LogP contribution in [0.5, 0.6) is 0 Å². The van der Waals surface area contributed by atoms with Crippen molar-refractivity contribution in [2.45, 2.75) is 46.0 Å². The van der Waals surface area contributed by atoms with E-state index in [0.29, 0.717) is 26.2 Å². The van der Waals surface area contributed by atoms with E-state index in [1.54, 1.807) is 0 Å². The molecule has 1 aliphatic rings. The molecule has 0 aromatic heterocycles. The van der Waals surface area contributed by atoms with Crippen LogP contribution in [0.4, 0.5) is 4.79 Å². The number of hydrogen-bond acceptors (Lipinski definition) is 4. The topological polar surface area (TPSA) is 90.5 Å². The number of rotatable bonds is 8. The SMILES string of the molecule is CCCCNC(=O)NC(=O)CN1CCC(C(=O)NCCC)CC1. The second-order valence-electron chi connectivity index (χ2n) is 6.00. The van der Waals surface area contributed by atoms with Crippen LogP contribution in [-0.2, 0) is 9.59 Å². The number of piperidine rings is 1. The molecule has 3 N–H and O–H groups in total. The van der Waals surface area contributed by atoms with Crippen LogP contribution >= 0.6 is 0 Å². The van der Waals surface area contributed by atoms with E-state index in [4.69, 9.17) is 0 Å². The second kappa shape index (κ2) is 11.0. The number of urea groups is 1. The van der Waals surface area contributed by atoms with E-state index in [9.17, 15) is 14.4 Å². The number of amides is 4. The summed E-state index contributed by atoms with van der Waals surface area (Å²) in [6, 6.07) is -0.433. The minimum Gasteiger partial charge on any atom is -0.356 e. The summed E-state index contributed by atoms with van der Waals surface area (Å²) in [4.78, 5) is 37.2. The first-order valence-electron chi connectivity index (χ1n) is 8.64. The van der Waals surface area contributed by atoms with Crippen LogP contribution in [0.15, 0.2) is 0 Å². The van der Waals surface area contributed by atoms with Gasteiger partial charge in [0.25, 0.3) is 0 Å². The number of imide groups is 1. The number of carbonyl (C=O) groups excluding carboxylic acids is 3. The fourth-order valence-electron chi connectivity index (χ4n) is 2.54. The highest BCUT2D eigenvalue weighted by Gasteiger charge is 2.25. The summed E-state index contributed by atoms with van der Waals surface area (Å²) in [5.74, 6) is -0.141. The molecule has 7 heteroatoms. The van der Waals surface area contributed by atoms with Gasteiger partial charge in [0.2, 0.25) is 11.8 Å². The molecule has 0 aromatic rings. The Morgan fingerprint density at radius 1 is 1.00 bits per heavy atom. The molecule has 0 atom stereocenters. The van der Waals surface area contributed by atoms with E-state index in [1.807, 2.05) is 18.7 Å². The van der Waals surface area contributed by atoms with Crippen molar-refractivity contribution in [3.05, 3.63) is 0 Å². The molecule has 0 spiro atoms. The predicted molar refractivity (Wildman–Crippen MR) is 88.9 cm³/mol. The maximum Gasteiger partial charge on any atom is 0.321 e. The third-order valence-electron chi connectivity index (χ3n) is 3.94. The Labute approximate surface area is 138 Å². The number of unbranched alkanes of at least 4 members (excludes halogenated alkanes) is 1. The monoisotopic (exact) mass is 326 g/mol. The van der Waals surface area contributed by atoms with Gasteiger partial charge >= 0.3 is 6.03 Å². The maximum atomic E-state index is 11.9. The molecule has 1 rings (SSSR count). The zero-order chi connectivity index (χ0) is 17.1. The lowest BCUT2D eigenvalue weighted by Crippen LogP contribution is -2.47. The van der Waals surface area contributed by atoms with Crippen LogP contribution in [0.25, 0.3) is 0 Å². The fraction of sp³-hybridized carbons (Fsp3) is 0.812. The Balaban J connectivity index is 2.20. The van der Waals surface area contributed by atoms with Gasteiger partial charge in [-0.25, -0.2) is 4.79 Å². The molecular weight excluding hydrogens is 296 g/mol. The van der Waals surface area contributed by atoms with Gasteiger partial charge in [-0.15, -0.1) is 0 Å². The molecule has 132 valence electrons.